The first-order valence-electron chi connectivity index (χ1n) is 10.4. The third kappa shape index (κ3) is 5.79. The third-order valence-corrected chi connectivity index (χ3v) is 7.85. The summed E-state index contributed by atoms with van der Waals surface area (Å²) in [5, 5.41) is 7.87. The summed E-state index contributed by atoms with van der Waals surface area (Å²) in [6.07, 6.45) is 1.66. The summed E-state index contributed by atoms with van der Waals surface area (Å²) < 4.78 is 1.75. The highest BCUT2D eigenvalue weighted by Gasteiger charge is 2.18. The Labute approximate surface area is 204 Å². The van der Waals surface area contributed by atoms with Crippen LogP contribution >= 0.6 is 34.4 Å². The molecule has 0 saturated heterocycles. The van der Waals surface area contributed by atoms with E-state index in [1.807, 2.05) is 54.8 Å². The van der Waals surface area contributed by atoms with Crippen LogP contribution < -0.4 is 10.6 Å². The maximum absolute atomic E-state index is 12.7. The van der Waals surface area contributed by atoms with Crippen molar-refractivity contribution in [2.24, 2.45) is 0 Å². The van der Waals surface area contributed by atoms with Gasteiger partial charge >= 0.3 is 0 Å². The van der Waals surface area contributed by atoms with Crippen molar-refractivity contribution in [3.8, 4) is 0 Å². The van der Waals surface area contributed by atoms with Gasteiger partial charge in [0.1, 0.15) is 0 Å². The van der Waals surface area contributed by atoms with E-state index in [1.54, 1.807) is 6.20 Å². The van der Waals surface area contributed by atoms with E-state index in [2.05, 4.69) is 41.4 Å². The lowest BCUT2D eigenvalue weighted by Gasteiger charge is -2.19. The normalized spacial score (nSPS) is 12.5. The monoisotopic (exact) mass is 496 g/mol. The van der Waals surface area contributed by atoms with E-state index in [1.165, 1.54) is 40.0 Å². The van der Waals surface area contributed by atoms with Crippen LogP contribution in [0.1, 0.15) is 43.6 Å². The topological polar surface area (TPSA) is 84.0 Å². The summed E-state index contributed by atoms with van der Waals surface area (Å²) in [5.41, 5.74) is 3.39. The number of hydrogen-bond donors (Lipinski definition) is 2. The molecular weight excluding hydrogens is 472 g/mol. The summed E-state index contributed by atoms with van der Waals surface area (Å²) in [6, 6.07) is 13.3. The Morgan fingerprint density at radius 2 is 1.82 bits per heavy atom. The number of thioether (sulfide) groups is 1. The van der Waals surface area contributed by atoms with Gasteiger partial charge in [0.2, 0.25) is 5.91 Å². The fraction of sp³-hybridized carbons (Fsp3) is 0.250. The fourth-order valence-corrected chi connectivity index (χ4v) is 5.84. The molecule has 2 aromatic heterocycles. The number of fused-ring (bicyclic) bond motifs is 1. The largest absolute Gasteiger partial charge is 0.322 e. The van der Waals surface area contributed by atoms with E-state index >= 15 is 0 Å². The minimum Gasteiger partial charge on any atom is -0.322 e. The van der Waals surface area contributed by atoms with Crippen LogP contribution in [0, 0.1) is 0 Å². The average Bonchev–Trinajstić information content (AvgIpc) is 3.42. The Kier molecular flexibility index (Phi) is 6.83. The van der Waals surface area contributed by atoms with Gasteiger partial charge in [0.25, 0.3) is 5.91 Å². The zero-order valence-electron chi connectivity index (χ0n) is 18.7. The smallest absolute Gasteiger partial charge is 0.255 e. The molecule has 0 aliphatic heterocycles. The van der Waals surface area contributed by atoms with E-state index in [0.717, 1.165) is 14.6 Å². The average molecular weight is 497 g/mol. The first-order chi connectivity index (χ1) is 15.7. The molecule has 0 radical (unpaired) electrons. The molecule has 33 heavy (non-hydrogen) atoms. The Balaban J connectivity index is 1.42. The number of aromatic nitrogens is 2. The van der Waals surface area contributed by atoms with Crippen molar-refractivity contribution >= 4 is 67.3 Å². The zero-order valence-corrected chi connectivity index (χ0v) is 21.2. The van der Waals surface area contributed by atoms with Gasteiger partial charge in [-0.05, 0) is 48.2 Å². The number of carbonyl (C=O) groups excluding carboxylic acids is 2. The molecule has 0 spiro atoms. The van der Waals surface area contributed by atoms with Crippen molar-refractivity contribution < 1.29 is 9.59 Å². The lowest BCUT2D eigenvalue weighted by Crippen LogP contribution is -2.22. The van der Waals surface area contributed by atoms with Crippen LogP contribution in [0.3, 0.4) is 0 Å². The molecule has 2 aromatic carbocycles. The van der Waals surface area contributed by atoms with Gasteiger partial charge in [0.05, 0.1) is 15.5 Å². The van der Waals surface area contributed by atoms with Crippen LogP contribution in [0.25, 0.3) is 10.2 Å². The molecule has 0 aliphatic carbocycles. The molecule has 4 rings (SSSR count). The summed E-state index contributed by atoms with van der Waals surface area (Å²) in [6.45, 7) is 8.28. The highest BCUT2D eigenvalue weighted by atomic mass is 32.2. The van der Waals surface area contributed by atoms with Gasteiger partial charge in [-0.2, -0.15) is 0 Å². The molecule has 0 fully saturated rings. The van der Waals surface area contributed by atoms with Crippen LogP contribution in [-0.4, -0.2) is 27.0 Å². The van der Waals surface area contributed by atoms with E-state index in [-0.39, 0.29) is 22.5 Å². The number of amides is 2. The van der Waals surface area contributed by atoms with Crippen molar-refractivity contribution in [2.75, 3.05) is 10.6 Å². The Bertz CT molecular complexity index is 1280. The standard InChI is InChI=1S/C24H24N4O2S3/c1-14(20(29)28-22-25-11-12-31-22)32-23-27-18-10-9-17(13-19(18)33-23)26-21(30)15-5-7-16(8-6-15)24(2,3)4/h5-14H,1-4H3,(H,26,30)(H,25,28,29). The zero-order chi connectivity index (χ0) is 23.6. The van der Waals surface area contributed by atoms with Crippen LogP contribution in [0.5, 0.6) is 0 Å². The number of rotatable bonds is 6. The SMILES string of the molecule is CC(Sc1nc2ccc(NC(=O)c3ccc(C(C)(C)C)cc3)cc2s1)C(=O)Nc1nccs1. The minimum absolute atomic E-state index is 0.0426. The van der Waals surface area contributed by atoms with Gasteiger partial charge in [-0.1, -0.05) is 44.7 Å². The minimum atomic E-state index is -0.315. The van der Waals surface area contributed by atoms with Gasteiger partial charge in [-0.3, -0.25) is 9.59 Å². The molecule has 1 atom stereocenters. The second-order valence-electron chi connectivity index (χ2n) is 8.53. The number of thiazole rings is 2. The molecule has 2 heterocycles. The molecule has 2 N–H and O–H groups in total. The molecule has 0 saturated carbocycles. The molecule has 170 valence electrons. The third-order valence-electron chi connectivity index (χ3n) is 4.95. The van der Waals surface area contributed by atoms with Gasteiger partial charge in [-0.25, -0.2) is 9.97 Å². The molecule has 6 nitrogen and oxygen atoms in total. The lowest BCUT2D eigenvalue weighted by atomic mass is 9.87. The van der Waals surface area contributed by atoms with Gasteiger partial charge in [-0.15, -0.1) is 22.7 Å². The van der Waals surface area contributed by atoms with E-state index in [9.17, 15) is 9.59 Å². The van der Waals surface area contributed by atoms with E-state index in [0.29, 0.717) is 16.4 Å². The number of anilines is 2. The predicted molar refractivity (Wildman–Crippen MR) is 139 cm³/mol. The number of nitrogens with zero attached hydrogens (tertiary/aromatic N) is 2. The van der Waals surface area contributed by atoms with Crippen molar-refractivity contribution in [2.45, 2.75) is 42.7 Å². The number of hydrogen-bond acceptors (Lipinski definition) is 7. The van der Waals surface area contributed by atoms with Crippen LogP contribution in [-0.2, 0) is 10.2 Å². The molecule has 9 heteroatoms. The van der Waals surface area contributed by atoms with Crippen LogP contribution in [0.4, 0.5) is 10.8 Å². The Hall–Kier alpha value is -2.75. The van der Waals surface area contributed by atoms with Crippen molar-refractivity contribution in [3.05, 3.63) is 65.2 Å². The second kappa shape index (κ2) is 9.62. The van der Waals surface area contributed by atoms with E-state index < -0.39 is 0 Å². The molecule has 2 amide bonds. The quantitative estimate of drug-likeness (QED) is 0.301. The Morgan fingerprint density at radius 3 is 2.48 bits per heavy atom. The van der Waals surface area contributed by atoms with Gasteiger partial charge in [0.15, 0.2) is 9.47 Å². The maximum Gasteiger partial charge on any atom is 0.255 e. The lowest BCUT2D eigenvalue weighted by molar-refractivity contribution is -0.115. The first-order valence-corrected chi connectivity index (χ1v) is 13.0. The van der Waals surface area contributed by atoms with Crippen molar-refractivity contribution in [1.82, 2.24) is 9.97 Å². The highest BCUT2D eigenvalue weighted by molar-refractivity contribution is 8.02. The van der Waals surface area contributed by atoms with Gasteiger partial charge < -0.3 is 10.6 Å². The highest BCUT2D eigenvalue weighted by Crippen LogP contribution is 2.34. The fourth-order valence-electron chi connectivity index (χ4n) is 3.05. The number of benzene rings is 2. The second-order valence-corrected chi connectivity index (χ2v) is 12.0. The van der Waals surface area contributed by atoms with Crippen LogP contribution in [0.2, 0.25) is 0 Å². The van der Waals surface area contributed by atoms with E-state index in [4.69, 9.17) is 0 Å². The molecule has 1 unspecified atom stereocenters. The van der Waals surface area contributed by atoms with Crippen molar-refractivity contribution in [3.63, 3.8) is 0 Å². The summed E-state index contributed by atoms with van der Waals surface area (Å²) >= 11 is 4.29. The number of nitrogens with one attached hydrogen (secondary N) is 2. The summed E-state index contributed by atoms with van der Waals surface area (Å²) in [4.78, 5) is 33.8. The molecule has 0 bridgehead atoms. The van der Waals surface area contributed by atoms with Gasteiger partial charge in [0, 0.05) is 22.8 Å². The first kappa shape index (κ1) is 23.4. The van der Waals surface area contributed by atoms with Crippen molar-refractivity contribution in [1.29, 1.82) is 0 Å². The Morgan fingerprint density at radius 1 is 1.06 bits per heavy atom. The summed E-state index contributed by atoms with van der Waals surface area (Å²) in [7, 11) is 0. The number of carbonyl (C=O) groups is 2. The summed E-state index contributed by atoms with van der Waals surface area (Å²) in [5.74, 6) is -0.263. The molecule has 4 aromatic rings. The molecular formula is C24H24N4O2S3. The molecule has 0 aliphatic rings. The maximum atomic E-state index is 12.7. The van der Waals surface area contributed by atoms with Crippen LogP contribution in [0.15, 0.2) is 58.4 Å². The predicted octanol–water partition coefficient (Wildman–Crippen LogP) is 6.42.